The molecule has 7 heteroatoms. The Balaban J connectivity index is 1.04. The zero-order valence-corrected chi connectivity index (χ0v) is 23.3. The number of fused-ring (bicyclic) bond motifs is 2. The minimum absolute atomic E-state index is 0.0496. The van der Waals surface area contributed by atoms with Gasteiger partial charge in [-0.05, 0) is 104 Å². The van der Waals surface area contributed by atoms with E-state index in [9.17, 15) is 14.7 Å². The number of nitrogens with zero attached hydrogens (tertiary/aromatic N) is 1. The van der Waals surface area contributed by atoms with Crippen LogP contribution in [0.3, 0.4) is 0 Å². The topological polar surface area (TPSA) is 103 Å². The Hall–Kier alpha value is -3.19. The molecule has 3 aliphatic carbocycles. The summed E-state index contributed by atoms with van der Waals surface area (Å²) in [6, 6.07) is 11.0. The van der Waals surface area contributed by atoms with E-state index in [-0.39, 0.29) is 12.5 Å². The molecule has 1 saturated carbocycles. The lowest BCUT2D eigenvalue weighted by Crippen LogP contribution is -2.48. The number of anilines is 1. The van der Waals surface area contributed by atoms with Crippen molar-refractivity contribution in [3.05, 3.63) is 70.4 Å². The molecule has 1 aliphatic heterocycles. The number of amides is 1. The van der Waals surface area contributed by atoms with E-state index in [1.165, 1.54) is 18.4 Å². The van der Waals surface area contributed by atoms with Crippen molar-refractivity contribution in [1.29, 1.82) is 0 Å². The van der Waals surface area contributed by atoms with E-state index >= 15 is 0 Å². The highest BCUT2D eigenvalue weighted by atomic mass is 16.4. The van der Waals surface area contributed by atoms with E-state index in [0.717, 1.165) is 68.1 Å². The molecule has 39 heavy (non-hydrogen) atoms. The number of allylic oxidation sites excluding steroid dienone is 2. The molecular formula is C32H42N4O3. The standard InChI is InChI=1S/C32H42N4O3/c1-32(2)25-14-12-22(27(32)19-25)5-3-17-33-28(31(38)39)20-35-30(37)24-10-7-21(8-11-24)9-15-26-16-13-23-6-4-18-34-29(23)36-26/h7-8,10-13,16,25,27-28,33H,3-6,9,14-15,17-20H2,1-2H3,(H,34,36)(H,35,37)(H,38,39)/t25-,27-,28?/m0/s1. The van der Waals surface area contributed by atoms with Gasteiger partial charge in [-0.1, -0.05) is 43.7 Å². The molecule has 4 N–H and O–H groups in total. The van der Waals surface area contributed by atoms with E-state index in [1.807, 2.05) is 12.1 Å². The first-order valence-electron chi connectivity index (χ1n) is 14.6. The van der Waals surface area contributed by atoms with Gasteiger partial charge >= 0.3 is 5.97 Å². The fraction of sp³-hybridized carbons (Fsp3) is 0.531. The summed E-state index contributed by atoms with van der Waals surface area (Å²) in [5.74, 6) is 1.33. The van der Waals surface area contributed by atoms with Crippen LogP contribution < -0.4 is 16.0 Å². The summed E-state index contributed by atoms with van der Waals surface area (Å²) in [6.07, 6.45) is 10.7. The number of pyridine rings is 1. The molecule has 2 aromatic rings. The molecule has 3 atom stereocenters. The third-order valence-corrected chi connectivity index (χ3v) is 9.22. The highest BCUT2D eigenvalue weighted by Crippen LogP contribution is 2.59. The first-order valence-corrected chi connectivity index (χ1v) is 14.6. The highest BCUT2D eigenvalue weighted by Gasteiger charge is 2.50. The third kappa shape index (κ3) is 6.35. The average Bonchev–Trinajstić information content (AvgIpc) is 2.95. The molecule has 7 nitrogen and oxygen atoms in total. The maximum absolute atomic E-state index is 12.7. The third-order valence-electron chi connectivity index (χ3n) is 9.22. The Morgan fingerprint density at radius 3 is 2.69 bits per heavy atom. The number of carboxylic acid groups (broad SMARTS) is 1. The molecule has 2 bridgehead atoms. The Labute approximate surface area is 231 Å². The SMILES string of the molecule is CC1(C)[C@H]2CC=C(CCCNC(CNC(=O)c3ccc(CCc4ccc5c(n4)NCCC5)cc3)C(=O)O)[C@@H]1C2. The van der Waals surface area contributed by atoms with Crippen molar-refractivity contribution in [2.75, 3.05) is 25.0 Å². The van der Waals surface area contributed by atoms with Gasteiger partial charge in [-0.3, -0.25) is 9.59 Å². The van der Waals surface area contributed by atoms with Crippen LogP contribution in [0.2, 0.25) is 0 Å². The number of aromatic nitrogens is 1. The number of aliphatic carboxylic acids is 1. The van der Waals surface area contributed by atoms with Crippen LogP contribution in [0, 0.1) is 17.3 Å². The highest BCUT2D eigenvalue weighted by molar-refractivity contribution is 5.94. The van der Waals surface area contributed by atoms with Gasteiger partial charge in [-0.2, -0.15) is 0 Å². The minimum Gasteiger partial charge on any atom is -0.480 e. The molecule has 4 aliphatic rings. The normalized spacial score (nSPS) is 21.5. The summed E-state index contributed by atoms with van der Waals surface area (Å²) in [5.41, 5.74) is 5.98. The molecule has 0 radical (unpaired) electrons. The van der Waals surface area contributed by atoms with Crippen LogP contribution in [-0.2, 0) is 24.1 Å². The molecule has 208 valence electrons. The molecule has 1 aromatic carbocycles. The molecule has 1 aromatic heterocycles. The maximum atomic E-state index is 12.7. The number of aryl methyl sites for hydroxylation is 3. The van der Waals surface area contributed by atoms with Gasteiger partial charge in [-0.25, -0.2) is 4.98 Å². The number of nitrogens with one attached hydrogen (secondary N) is 3. The van der Waals surface area contributed by atoms with Crippen molar-refractivity contribution < 1.29 is 14.7 Å². The number of rotatable bonds is 12. The summed E-state index contributed by atoms with van der Waals surface area (Å²) in [6.45, 7) is 6.39. The van der Waals surface area contributed by atoms with Crippen LogP contribution in [0.15, 0.2) is 48.0 Å². The molecule has 1 fully saturated rings. The number of carbonyl (C=O) groups is 2. The number of benzene rings is 1. The van der Waals surface area contributed by atoms with Crippen molar-refractivity contribution in [3.63, 3.8) is 0 Å². The van der Waals surface area contributed by atoms with Gasteiger partial charge in [0.1, 0.15) is 11.9 Å². The monoisotopic (exact) mass is 530 g/mol. The second-order valence-corrected chi connectivity index (χ2v) is 12.0. The summed E-state index contributed by atoms with van der Waals surface area (Å²) < 4.78 is 0. The van der Waals surface area contributed by atoms with Crippen molar-refractivity contribution in [1.82, 2.24) is 15.6 Å². The molecule has 1 amide bonds. The molecule has 1 unspecified atom stereocenters. The first kappa shape index (κ1) is 27.4. The molecule has 6 rings (SSSR count). The van der Waals surface area contributed by atoms with E-state index in [1.54, 1.807) is 17.7 Å². The molecular weight excluding hydrogens is 488 g/mol. The van der Waals surface area contributed by atoms with E-state index in [0.29, 0.717) is 23.4 Å². The smallest absolute Gasteiger partial charge is 0.322 e. The number of hydrogen-bond acceptors (Lipinski definition) is 5. The van der Waals surface area contributed by atoms with E-state index in [4.69, 9.17) is 4.98 Å². The quantitative estimate of drug-likeness (QED) is 0.233. The Morgan fingerprint density at radius 2 is 1.95 bits per heavy atom. The van der Waals surface area contributed by atoms with Crippen molar-refractivity contribution in [3.8, 4) is 0 Å². The predicted molar refractivity (Wildman–Crippen MR) is 154 cm³/mol. The fourth-order valence-corrected chi connectivity index (χ4v) is 6.47. The van der Waals surface area contributed by atoms with Crippen LogP contribution >= 0.6 is 0 Å². The molecule has 0 saturated heterocycles. The Kier molecular flexibility index (Phi) is 8.36. The lowest BCUT2D eigenvalue weighted by molar-refractivity contribution is -0.139. The summed E-state index contributed by atoms with van der Waals surface area (Å²) in [5, 5.41) is 18.9. The van der Waals surface area contributed by atoms with Gasteiger partial charge in [0.2, 0.25) is 0 Å². The van der Waals surface area contributed by atoms with Gasteiger partial charge in [-0.15, -0.1) is 0 Å². The van der Waals surface area contributed by atoms with Gasteiger partial charge in [0.05, 0.1) is 0 Å². The molecule has 0 spiro atoms. The predicted octanol–water partition coefficient (Wildman–Crippen LogP) is 4.77. The largest absolute Gasteiger partial charge is 0.480 e. The van der Waals surface area contributed by atoms with Gasteiger partial charge in [0.25, 0.3) is 5.91 Å². The van der Waals surface area contributed by atoms with Crippen LogP contribution in [0.25, 0.3) is 0 Å². The second kappa shape index (κ2) is 11.9. The zero-order valence-electron chi connectivity index (χ0n) is 23.3. The number of carboxylic acids is 1. The number of hydrogen-bond donors (Lipinski definition) is 4. The van der Waals surface area contributed by atoms with Crippen molar-refractivity contribution in [2.45, 2.75) is 71.3 Å². The zero-order chi connectivity index (χ0) is 27.4. The summed E-state index contributed by atoms with van der Waals surface area (Å²) in [7, 11) is 0. The molecule has 2 heterocycles. The van der Waals surface area contributed by atoms with Crippen molar-refractivity contribution >= 4 is 17.7 Å². The van der Waals surface area contributed by atoms with Crippen LogP contribution in [0.4, 0.5) is 5.82 Å². The van der Waals surface area contributed by atoms with Crippen LogP contribution in [-0.4, -0.2) is 47.6 Å². The Morgan fingerprint density at radius 1 is 1.13 bits per heavy atom. The lowest BCUT2D eigenvalue weighted by Gasteiger charge is -2.56. The summed E-state index contributed by atoms with van der Waals surface area (Å²) >= 11 is 0. The van der Waals surface area contributed by atoms with Gasteiger partial charge in [0, 0.05) is 24.3 Å². The van der Waals surface area contributed by atoms with Gasteiger partial charge in [0.15, 0.2) is 0 Å². The van der Waals surface area contributed by atoms with E-state index in [2.05, 4.69) is 48.0 Å². The number of carbonyl (C=O) groups excluding carboxylic acids is 1. The summed E-state index contributed by atoms with van der Waals surface area (Å²) in [4.78, 5) is 29.2. The van der Waals surface area contributed by atoms with E-state index < -0.39 is 12.0 Å². The lowest BCUT2D eigenvalue weighted by atomic mass is 9.48. The van der Waals surface area contributed by atoms with Gasteiger partial charge < -0.3 is 21.1 Å². The van der Waals surface area contributed by atoms with Crippen LogP contribution in [0.5, 0.6) is 0 Å². The Bertz CT molecular complexity index is 1220. The maximum Gasteiger partial charge on any atom is 0.322 e. The minimum atomic E-state index is -0.948. The van der Waals surface area contributed by atoms with Crippen molar-refractivity contribution in [2.24, 2.45) is 17.3 Å². The first-order chi connectivity index (χ1) is 18.8. The second-order valence-electron chi connectivity index (χ2n) is 12.0. The fourth-order valence-electron chi connectivity index (χ4n) is 6.47. The average molecular weight is 531 g/mol. The van der Waals surface area contributed by atoms with Crippen LogP contribution in [0.1, 0.15) is 73.1 Å².